The Kier molecular flexibility index (Phi) is 4.46. The predicted molar refractivity (Wildman–Crippen MR) is 54.8 cm³/mol. The number of methoxy groups -OCH3 is 1. The minimum absolute atomic E-state index is 0.298. The molecule has 0 aromatic heterocycles. The first-order valence-electron chi connectivity index (χ1n) is 4.40. The molecule has 2 heteroatoms. The maximum Gasteiger partial charge on any atom is 0.124 e. The van der Waals surface area contributed by atoms with Gasteiger partial charge in [-0.2, -0.15) is 0 Å². The van der Waals surface area contributed by atoms with Crippen molar-refractivity contribution in [2.75, 3.05) is 7.11 Å². The van der Waals surface area contributed by atoms with Gasteiger partial charge in [-0.05, 0) is 12.1 Å². The van der Waals surface area contributed by atoms with Crippen molar-refractivity contribution in [1.82, 2.24) is 0 Å². The second-order valence-electron chi connectivity index (χ2n) is 2.76. The standard InChI is InChI=1S/C12H12O2/c1-14-12(9-10-13)8-7-11-5-3-2-4-6-11/h2-6,10,12H,9H2,1H3/t12-/m0/s1. The topological polar surface area (TPSA) is 26.3 Å². The van der Waals surface area contributed by atoms with E-state index >= 15 is 0 Å². The van der Waals surface area contributed by atoms with Gasteiger partial charge >= 0.3 is 0 Å². The summed E-state index contributed by atoms with van der Waals surface area (Å²) in [6, 6.07) is 9.61. The van der Waals surface area contributed by atoms with Gasteiger partial charge in [0, 0.05) is 19.1 Å². The van der Waals surface area contributed by atoms with Crippen molar-refractivity contribution in [2.24, 2.45) is 0 Å². The molecule has 0 N–H and O–H groups in total. The number of rotatable bonds is 3. The number of aldehydes is 1. The van der Waals surface area contributed by atoms with Crippen LogP contribution in [0.1, 0.15) is 12.0 Å². The molecular weight excluding hydrogens is 176 g/mol. The third kappa shape index (κ3) is 3.42. The number of benzene rings is 1. The van der Waals surface area contributed by atoms with Gasteiger partial charge in [0.15, 0.2) is 0 Å². The molecular formula is C12H12O2. The zero-order valence-electron chi connectivity index (χ0n) is 8.07. The van der Waals surface area contributed by atoms with Gasteiger partial charge in [-0.1, -0.05) is 30.0 Å². The van der Waals surface area contributed by atoms with Crippen LogP contribution in [0.3, 0.4) is 0 Å². The van der Waals surface area contributed by atoms with Gasteiger partial charge in [-0.25, -0.2) is 0 Å². The molecule has 0 saturated heterocycles. The van der Waals surface area contributed by atoms with E-state index < -0.39 is 0 Å². The maximum atomic E-state index is 10.2. The van der Waals surface area contributed by atoms with E-state index in [2.05, 4.69) is 11.8 Å². The van der Waals surface area contributed by atoms with Crippen molar-refractivity contribution < 1.29 is 9.53 Å². The van der Waals surface area contributed by atoms with Gasteiger partial charge in [0.25, 0.3) is 0 Å². The molecule has 1 rings (SSSR count). The number of hydrogen-bond donors (Lipinski definition) is 0. The average molecular weight is 188 g/mol. The van der Waals surface area contributed by atoms with Crippen LogP contribution in [-0.4, -0.2) is 19.5 Å². The first kappa shape index (κ1) is 10.5. The van der Waals surface area contributed by atoms with Crippen LogP contribution in [0.4, 0.5) is 0 Å². The molecule has 0 heterocycles. The summed E-state index contributed by atoms with van der Waals surface area (Å²) < 4.78 is 5.01. The monoisotopic (exact) mass is 188 g/mol. The van der Waals surface area contributed by atoms with E-state index in [0.29, 0.717) is 6.42 Å². The lowest BCUT2D eigenvalue weighted by Gasteiger charge is -2.01. The van der Waals surface area contributed by atoms with E-state index in [0.717, 1.165) is 11.8 Å². The molecule has 1 atom stereocenters. The second-order valence-corrected chi connectivity index (χ2v) is 2.76. The van der Waals surface area contributed by atoms with Crippen LogP contribution in [-0.2, 0) is 9.53 Å². The lowest BCUT2D eigenvalue weighted by molar-refractivity contribution is -0.109. The number of carbonyl (C=O) groups excluding carboxylic acids is 1. The molecule has 0 amide bonds. The summed E-state index contributed by atoms with van der Waals surface area (Å²) in [7, 11) is 1.55. The summed E-state index contributed by atoms with van der Waals surface area (Å²) in [5.74, 6) is 5.83. The molecule has 0 spiro atoms. The van der Waals surface area contributed by atoms with Crippen LogP contribution < -0.4 is 0 Å². The van der Waals surface area contributed by atoms with Crippen molar-refractivity contribution >= 4 is 6.29 Å². The molecule has 0 aliphatic rings. The normalized spacial score (nSPS) is 11.2. The van der Waals surface area contributed by atoms with E-state index in [1.165, 1.54) is 0 Å². The summed E-state index contributed by atoms with van der Waals surface area (Å²) in [5, 5.41) is 0. The van der Waals surface area contributed by atoms with Crippen LogP contribution in [0.5, 0.6) is 0 Å². The molecule has 2 nitrogen and oxygen atoms in total. The third-order valence-corrected chi connectivity index (χ3v) is 1.75. The summed E-state index contributed by atoms with van der Waals surface area (Å²) in [6.07, 6.45) is 0.831. The smallest absolute Gasteiger partial charge is 0.124 e. The maximum absolute atomic E-state index is 10.2. The molecule has 0 aliphatic heterocycles. The fourth-order valence-corrected chi connectivity index (χ4v) is 0.987. The Bertz CT molecular complexity index is 332. The summed E-state index contributed by atoms with van der Waals surface area (Å²) in [6.45, 7) is 0. The summed E-state index contributed by atoms with van der Waals surface area (Å²) >= 11 is 0. The Hall–Kier alpha value is -1.59. The van der Waals surface area contributed by atoms with Crippen molar-refractivity contribution in [2.45, 2.75) is 12.5 Å². The molecule has 1 aromatic rings. The molecule has 0 aliphatic carbocycles. The van der Waals surface area contributed by atoms with Crippen LogP contribution >= 0.6 is 0 Å². The van der Waals surface area contributed by atoms with E-state index in [4.69, 9.17) is 4.74 Å². The van der Waals surface area contributed by atoms with Crippen molar-refractivity contribution in [3.05, 3.63) is 35.9 Å². The van der Waals surface area contributed by atoms with Crippen LogP contribution in [0, 0.1) is 11.8 Å². The fraction of sp³-hybridized carbons (Fsp3) is 0.250. The van der Waals surface area contributed by atoms with Crippen molar-refractivity contribution in [3.63, 3.8) is 0 Å². The average Bonchev–Trinajstić information content (AvgIpc) is 2.25. The van der Waals surface area contributed by atoms with Gasteiger partial charge in [-0.15, -0.1) is 0 Å². The van der Waals surface area contributed by atoms with Crippen molar-refractivity contribution in [1.29, 1.82) is 0 Å². The lowest BCUT2D eigenvalue weighted by Crippen LogP contribution is -2.07. The molecule has 0 saturated carbocycles. The number of ether oxygens (including phenoxy) is 1. The van der Waals surface area contributed by atoms with Crippen LogP contribution in [0.25, 0.3) is 0 Å². The second kappa shape index (κ2) is 5.95. The zero-order chi connectivity index (χ0) is 10.2. The highest BCUT2D eigenvalue weighted by molar-refractivity contribution is 5.51. The van der Waals surface area contributed by atoms with Gasteiger partial charge in [-0.3, -0.25) is 0 Å². The largest absolute Gasteiger partial charge is 0.368 e. The minimum Gasteiger partial charge on any atom is -0.368 e. The Morgan fingerprint density at radius 1 is 1.43 bits per heavy atom. The van der Waals surface area contributed by atoms with Gasteiger partial charge in [0.1, 0.15) is 12.4 Å². The van der Waals surface area contributed by atoms with Crippen LogP contribution in [0.15, 0.2) is 30.3 Å². The molecule has 72 valence electrons. The first-order valence-corrected chi connectivity index (χ1v) is 4.40. The van der Waals surface area contributed by atoms with E-state index in [-0.39, 0.29) is 6.10 Å². The van der Waals surface area contributed by atoms with Gasteiger partial charge in [0.05, 0.1) is 0 Å². The zero-order valence-corrected chi connectivity index (χ0v) is 8.07. The van der Waals surface area contributed by atoms with Gasteiger partial charge < -0.3 is 9.53 Å². The highest BCUT2D eigenvalue weighted by Crippen LogP contribution is 1.97. The number of hydrogen-bond acceptors (Lipinski definition) is 2. The highest BCUT2D eigenvalue weighted by Gasteiger charge is 1.99. The first-order chi connectivity index (χ1) is 6.86. The van der Waals surface area contributed by atoms with E-state index in [9.17, 15) is 4.79 Å². The Morgan fingerprint density at radius 2 is 2.14 bits per heavy atom. The summed E-state index contributed by atoms with van der Waals surface area (Å²) in [4.78, 5) is 10.2. The molecule has 14 heavy (non-hydrogen) atoms. The molecule has 0 fully saturated rings. The number of carbonyl (C=O) groups is 1. The Labute approximate surface area is 83.9 Å². The summed E-state index contributed by atoms with van der Waals surface area (Å²) in [5.41, 5.74) is 0.931. The van der Waals surface area contributed by atoms with E-state index in [1.54, 1.807) is 7.11 Å². The Balaban J connectivity index is 2.66. The quantitative estimate of drug-likeness (QED) is 0.532. The predicted octanol–water partition coefficient (Wildman–Crippen LogP) is 1.64. The molecule has 0 bridgehead atoms. The van der Waals surface area contributed by atoms with Crippen molar-refractivity contribution in [3.8, 4) is 11.8 Å². The SMILES string of the molecule is CO[C@@H](C#Cc1ccccc1)CC=O. The molecule has 0 radical (unpaired) electrons. The fourth-order valence-electron chi connectivity index (χ4n) is 0.987. The van der Waals surface area contributed by atoms with Gasteiger partial charge in [0.2, 0.25) is 0 Å². The third-order valence-electron chi connectivity index (χ3n) is 1.75. The highest BCUT2D eigenvalue weighted by atomic mass is 16.5. The van der Waals surface area contributed by atoms with E-state index in [1.807, 2.05) is 30.3 Å². The van der Waals surface area contributed by atoms with Crippen LogP contribution in [0.2, 0.25) is 0 Å². The lowest BCUT2D eigenvalue weighted by atomic mass is 10.2. The minimum atomic E-state index is -0.298. The Morgan fingerprint density at radius 3 is 2.71 bits per heavy atom. The molecule has 0 unspecified atom stereocenters. The molecule has 1 aromatic carbocycles.